The van der Waals surface area contributed by atoms with Gasteiger partial charge in [0.25, 0.3) is 0 Å². The van der Waals surface area contributed by atoms with Crippen LogP contribution >= 0.6 is 22.6 Å². The molecule has 13 heavy (non-hydrogen) atoms. The molecule has 0 aromatic carbocycles. The lowest BCUT2D eigenvalue weighted by molar-refractivity contribution is 0.166. The number of hydrogen-bond acceptors (Lipinski definition) is 2. The Morgan fingerprint density at radius 2 is 2.46 bits per heavy atom. The molecule has 0 bridgehead atoms. The van der Waals surface area contributed by atoms with E-state index in [2.05, 4.69) is 45.6 Å². The van der Waals surface area contributed by atoms with Crippen molar-refractivity contribution >= 4 is 28.7 Å². The zero-order valence-electron chi connectivity index (χ0n) is 7.84. The van der Waals surface area contributed by atoms with Gasteiger partial charge in [-0.05, 0) is 19.8 Å². The van der Waals surface area contributed by atoms with Crippen molar-refractivity contribution in [2.45, 2.75) is 29.7 Å². The van der Waals surface area contributed by atoms with Gasteiger partial charge in [0.1, 0.15) is 0 Å². The number of hydrogen-bond donors (Lipinski definition) is 1. The van der Waals surface area contributed by atoms with Gasteiger partial charge >= 0.3 is 6.09 Å². The van der Waals surface area contributed by atoms with Crippen LogP contribution in [0.1, 0.15) is 19.8 Å². The standard InChI is InChI=1S/C9H14INO2/c1-6-3-4-8(7(10)5-6)11-9(12)13-2/h3,7-8H,4-5H2,1-2H3,(H,11,12)/t7-,8-/m1/s1. The second kappa shape index (κ2) is 4.83. The lowest BCUT2D eigenvalue weighted by atomic mass is 9.96. The molecule has 0 aromatic rings. The van der Waals surface area contributed by atoms with Gasteiger partial charge in [0.2, 0.25) is 0 Å². The largest absolute Gasteiger partial charge is 0.453 e. The average molecular weight is 295 g/mol. The number of amides is 1. The van der Waals surface area contributed by atoms with Gasteiger partial charge in [0.15, 0.2) is 0 Å². The zero-order valence-corrected chi connectivity index (χ0v) is 10.00. The normalized spacial score (nSPS) is 27.8. The van der Waals surface area contributed by atoms with E-state index in [1.807, 2.05) is 0 Å². The molecule has 1 N–H and O–H groups in total. The Kier molecular flexibility index (Phi) is 4.02. The van der Waals surface area contributed by atoms with Crippen LogP contribution in [-0.2, 0) is 4.74 Å². The van der Waals surface area contributed by atoms with Crippen molar-refractivity contribution in [3.05, 3.63) is 11.6 Å². The van der Waals surface area contributed by atoms with Crippen LogP contribution < -0.4 is 5.32 Å². The molecule has 1 amide bonds. The summed E-state index contributed by atoms with van der Waals surface area (Å²) < 4.78 is 5.03. The number of ether oxygens (including phenoxy) is 1. The molecule has 1 rings (SSSR count). The van der Waals surface area contributed by atoms with Crippen molar-refractivity contribution in [2.24, 2.45) is 0 Å². The molecule has 0 saturated carbocycles. The molecular formula is C9H14INO2. The molecule has 0 spiro atoms. The average Bonchev–Trinajstić information content (AvgIpc) is 2.09. The molecule has 0 aliphatic heterocycles. The van der Waals surface area contributed by atoms with Crippen molar-refractivity contribution in [2.75, 3.05) is 7.11 Å². The fourth-order valence-electron chi connectivity index (χ4n) is 1.37. The Bertz CT molecular complexity index is 228. The molecule has 0 heterocycles. The highest BCUT2D eigenvalue weighted by Crippen LogP contribution is 2.24. The summed E-state index contributed by atoms with van der Waals surface area (Å²) in [6, 6.07) is 0.219. The molecule has 1 aliphatic carbocycles. The number of nitrogens with one attached hydrogen (secondary N) is 1. The summed E-state index contributed by atoms with van der Waals surface area (Å²) in [6.07, 6.45) is 3.80. The summed E-state index contributed by atoms with van der Waals surface area (Å²) in [4.78, 5) is 10.9. The van der Waals surface area contributed by atoms with E-state index in [1.54, 1.807) is 0 Å². The third kappa shape index (κ3) is 3.17. The lowest BCUT2D eigenvalue weighted by Crippen LogP contribution is -2.41. The van der Waals surface area contributed by atoms with E-state index in [1.165, 1.54) is 12.7 Å². The van der Waals surface area contributed by atoms with E-state index in [9.17, 15) is 4.79 Å². The molecule has 4 heteroatoms. The van der Waals surface area contributed by atoms with Gasteiger partial charge in [-0.15, -0.1) is 0 Å². The Labute approximate surface area is 92.1 Å². The van der Waals surface area contributed by atoms with Gasteiger partial charge < -0.3 is 10.1 Å². The fraction of sp³-hybridized carbons (Fsp3) is 0.667. The van der Waals surface area contributed by atoms with E-state index < -0.39 is 0 Å². The maximum Gasteiger partial charge on any atom is 0.407 e. The van der Waals surface area contributed by atoms with Crippen molar-refractivity contribution in [1.82, 2.24) is 5.32 Å². The van der Waals surface area contributed by atoms with Gasteiger partial charge in [0, 0.05) is 9.97 Å². The Balaban J connectivity index is 2.48. The highest BCUT2D eigenvalue weighted by Gasteiger charge is 2.23. The number of methoxy groups -OCH3 is 1. The highest BCUT2D eigenvalue weighted by molar-refractivity contribution is 14.1. The summed E-state index contributed by atoms with van der Waals surface area (Å²) >= 11 is 2.37. The first-order chi connectivity index (χ1) is 6.13. The minimum atomic E-state index is -0.334. The topological polar surface area (TPSA) is 38.3 Å². The van der Waals surface area contributed by atoms with Gasteiger partial charge in [-0.1, -0.05) is 34.2 Å². The molecule has 74 valence electrons. The van der Waals surface area contributed by atoms with E-state index in [0.717, 1.165) is 12.8 Å². The lowest BCUT2D eigenvalue weighted by Gasteiger charge is -2.26. The van der Waals surface area contributed by atoms with Gasteiger partial charge in [-0.25, -0.2) is 4.79 Å². The van der Waals surface area contributed by atoms with Crippen LogP contribution in [0.2, 0.25) is 0 Å². The number of halogens is 1. The maximum absolute atomic E-state index is 10.9. The van der Waals surface area contributed by atoms with E-state index >= 15 is 0 Å². The Hall–Kier alpha value is -0.260. The minimum Gasteiger partial charge on any atom is -0.453 e. The minimum absolute atomic E-state index is 0.219. The molecule has 0 fully saturated rings. The maximum atomic E-state index is 10.9. The van der Waals surface area contributed by atoms with Crippen LogP contribution in [0, 0.1) is 0 Å². The number of rotatable bonds is 1. The summed E-state index contributed by atoms with van der Waals surface area (Å²) in [5, 5.41) is 2.83. The second-order valence-electron chi connectivity index (χ2n) is 3.25. The third-order valence-electron chi connectivity index (χ3n) is 2.16. The van der Waals surface area contributed by atoms with Crippen molar-refractivity contribution in [3.8, 4) is 0 Å². The first kappa shape index (κ1) is 10.8. The number of carbonyl (C=O) groups is 1. The number of alkyl carbamates (subject to hydrolysis) is 1. The Morgan fingerprint density at radius 1 is 1.77 bits per heavy atom. The molecule has 1 aliphatic rings. The number of carbonyl (C=O) groups excluding carboxylic acids is 1. The Morgan fingerprint density at radius 3 is 3.00 bits per heavy atom. The first-order valence-corrected chi connectivity index (χ1v) is 5.52. The van der Waals surface area contributed by atoms with Gasteiger partial charge in [-0.2, -0.15) is 0 Å². The molecule has 0 aromatic heterocycles. The SMILES string of the molecule is COC(=O)N[C@@H]1CC=C(C)C[C@H]1I. The van der Waals surface area contributed by atoms with E-state index in [-0.39, 0.29) is 12.1 Å². The predicted octanol–water partition coefficient (Wildman–Crippen LogP) is 2.25. The van der Waals surface area contributed by atoms with E-state index in [4.69, 9.17) is 0 Å². The van der Waals surface area contributed by atoms with Crippen LogP contribution in [0.15, 0.2) is 11.6 Å². The monoisotopic (exact) mass is 295 g/mol. The van der Waals surface area contributed by atoms with Crippen molar-refractivity contribution in [1.29, 1.82) is 0 Å². The molecule has 3 nitrogen and oxygen atoms in total. The number of allylic oxidation sites excluding steroid dienone is 1. The summed E-state index contributed by atoms with van der Waals surface area (Å²) in [5.41, 5.74) is 1.40. The van der Waals surface area contributed by atoms with Crippen molar-refractivity contribution < 1.29 is 9.53 Å². The molecule has 0 saturated heterocycles. The van der Waals surface area contributed by atoms with Crippen LogP contribution in [0.25, 0.3) is 0 Å². The molecule has 0 unspecified atom stereocenters. The molecular weight excluding hydrogens is 281 g/mol. The highest BCUT2D eigenvalue weighted by atomic mass is 127. The molecule has 2 atom stereocenters. The van der Waals surface area contributed by atoms with E-state index in [0.29, 0.717) is 3.92 Å². The third-order valence-corrected chi connectivity index (χ3v) is 3.47. The molecule has 0 radical (unpaired) electrons. The smallest absolute Gasteiger partial charge is 0.407 e. The van der Waals surface area contributed by atoms with Crippen LogP contribution in [0.4, 0.5) is 4.79 Å². The second-order valence-corrected chi connectivity index (χ2v) is 4.85. The van der Waals surface area contributed by atoms with Crippen molar-refractivity contribution in [3.63, 3.8) is 0 Å². The fourth-order valence-corrected chi connectivity index (χ4v) is 2.54. The first-order valence-electron chi connectivity index (χ1n) is 4.27. The van der Waals surface area contributed by atoms with Crippen LogP contribution in [-0.4, -0.2) is 23.2 Å². The van der Waals surface area contributed by atoms with Gasteiger partial charge in [0.05, 0.1) is 7.11 Å². The summed E-state index contributed by atoms with van der Waals surface area (Å²) in [7, 11) is 1.39. The number of alkyl halides is 1. The summed E-state index contributed by atoms with van der Waals surface area (Å²) in [6.45, 7) is 2.13. The predicted molar refractivity (Wildman–Crippen MR) is 60.1 cm³/mol. The van der Waals surface area contributed by atoms with Crippen LogP contribution in [0.5, 0.6) is 0 Å². The van der Waals surface area contributed by atoms with Crippen LogP contribution in [0.3, 0.4) is 0 Å². The quantitative estimate of drug-likeness (QED) is 0.458. The van der Waals surface area contributed by atoms with Gasteiger partial charge in [-0.3, -0.25) is 0 Å². The zero-order chi connectivity index (χ0) is 9.84. The summed E-state index contributed by atoms with van der Waals surface area (Å²) in [5.74, 6) is 0.